The molecule has 0 saturated heterocycles. The van der Waals surface area contributed by atoms with Crippen LogP contribution >= 0.6 is 0 Å². The molecule has 0 amide bonds. The number of benzene rings is 1. The summed E-state index contributed by atoms with van der Waals surface area (Å²) in [6.45, 7) is 15.7. The molecule has 1 heterocycles. The summed E-state index contributed by atoms with van der Waals surface area (Å²) in [7, 11) is 0. The van der Waals surface area contributed by atoms with Crippen LogP contribution in [0.3, 0.4) is 0 Å². The van der Waals surface area contributed by atoms with Gasteiger partial charge in [-0.2, -0.15) is 5.10 Å². The molecule has 0 spiro atoms. The second-order valence-electron chi connectivity index (χ2n) is 6.23. The zero-order valence-electron chi connectivity index (χ0n) is 12.5. The lowest BCUT2D eigenvalue weighted by Crippen LogP contribution is -2.23. The third-order valence-electron chi connectivity index (χ3n) is 3.66. The van der Waals surface area contributed by atoms with E-state index in [1.807, 2.05) is 6.20 Å². The molecule has 0 aliphatic heterocycles. The molecule has 19 heavy (non-hydrogen) atoms. The second-order valence-corrected chi connectivity index (χ2v) is 6.23. The molecule has 0 aliphatic carbocycles. The van der Waals surface area contributed by atoms with E-state index in [1.54, 1.807) is 0 Å². The van der Waals surface area contributed by atoms with Crippen molar-refractivity contribution in [2.45, 2.75) is 41.2 Å². The first-order valence-electron chi connectivity index (χ1n) is 6.66. The smallest absolute Gasteiger partial charge is 0.0705 e. The van der Waals surface area contributed by atoms with Crippen molar-refractivity contribution < 1.29 is 0 Å². The van der Waals surface area contributed by atoms with Crippen LogP contribution in [0.15, 0.2) is 24.5 Å². The Labute approximate surface area is 115 Å². The predicted molar refractivity (Wildman–Crippen MR) is 81.0 cm³/mol. The second kappa shape index (κ2) is 4.72. The van der Waals surface area contributed by atoms with Crippen LogP contribution in [-0.2, 0) is 6.54 Å². The highest BCUT2D eigenvalue weighted by atomic mass is 15.1. The molecule has 102 valence electrons. The maximum atomic E-state index is 4.16. The third-order valence-corrected chi connectivity index (χ3v) is 3.66. The fraction of sp³-hybridized carbons (Fsp3) is 0.438. The number of hydrogen-bond donors (Lipinski definition) is 2. The molecule has 3 heteroatoms. The molecule has 0 aliphatic rings. The summed E-state index contributed by atoms with van der Waals surface area (Å²) >= 11 is 0. The number of aromatic amines is 1. The Morgan fingerprint density at radius 3 is 2.63 bits per heavy atom. The minimum absolute atomic E-state index is 0.0751. The molecule has 0 atom stereocenters. The molecule has 2 aromatic rings. The van der Waals surface area contributed by atoms with Crippen LogP contribution in [0, 0.1) is 19.3 Å². The average molecular weight is 257 g/mol. The molecule has 0 fully saturated rings. The van der Waals surface area contributed by atoms with Gasteiger partial charge < -0.3 is 5.32 Å². The van der Waals surface area contributed by atoms with Crippen LogP contribution in [0.4, 0.5) is 0 Å². The van der Waals surface area contributed by atoms with Gasteiger partial charge in [-0.25, -0.2) is 0 Å². The topological polar surface area (TPSA) is 40.7 Å². The van der Waals surface area contributed by atoms with E-state index in [-0.39, 0.29) is 5.41 Å². The number of hydrogen-bond acceptors (Lipinski definition) is 2. The number of aromatic nitrogens is 2. The van der Waals surface area contributed by atoms with Crippen LogP contribution in [0.2, 0.25) is 0 Å². The van der Waals surface area contributed by atoms with Gasteiger partial charge in [0, 0.05) is 23.0 Å². The lowest BCUT2D eigenvalue weighted by Gasteiger charge is -2.24. The minimum atomic E-state index is 0.0751. The molecule has 2 rings (SSSR count). The fourth-order valence-corrected chi connectivity index (χ4v) is 2.19. The summed E-state index contributed by atoms with van der Waals surface area (Å²) in [5.74, 6) is 0. The Kier molecular flexibility index (Phi) is 3.40. The number of aryl methyl sites for hydroxylation is 2. The Hall–Kier alpha value is -1.77. The number of nitrogens with zero attached hydrogens (tertiary/aromatic N) is 1. The van der Waals surface area contributed by atoms with E-state index in [4.69, 9.17) is 0 Å². The molecule has 0 unspecified atom stereocenters. The standard InChI is InChI=1S/C16H23N3/c1-10-7-11(2)14-9-18-19-15(14)13(10)8-17-12(3)16(4,5)6/h7,9,17H,3,8H2,1-2,4-6H3,(H,18,19). The van der Waals surface area contributed by atoms with Gasteiger partial charge in [-0.1, -0.05) is 33.4 Å². The minimum Gasteiger partial charge on any atom is -0.384 e. The third kappa shape index (κ3) is 2.65. The number of allylic oxidation sites excluding steroid dienone is 1. The zero-order valence-corrected chi connectivity index (χ0v) is 12.5. The molecule has 1 aromatic heterocycles. The molecule has 1 aromatic carbocycles. The van der Waals surface area contributed by atoms with Crippen LogP contribution < -0.4 is 5.32 Å². The quantitative estimate of drug-likeness (QED) is 0.877. The van der Waals surface area contributed by atoms with E-state index in [2.05, 4.69) is 62.8 Å². The lowest BCUT2D eigenvalue weighted by molar-refractivity contribution is 0.461. The van der Waals surface area contributed by atoms with Crippen molar-refractivity contribution in [2.75, 3.05) is 0 Å². The van der Waals surface area contributed by atoms with Crippen LogP contribution in [-0.4, -0.2) is 10.2 Å². The van der Waals surface area contributed by atoms with Gasteiger partial charge in [0.15, 0.2) is 0 Å². The Balaban J connectivity index is 2.31. The first-order valence-corrected chi connectivity index (χ1v) is 6.66. The van der Waals surface area contributed by atoms with Crippen molar-refractivity contribution in [3.8, 4) is 0 Å². The van der Waals surface area contributed by atoms with Crippen molar-refractivity contribution in [3.63, 3.8) is 0 Å². The first-order chi connectivity index (χ1) is 8.80. The van der Waals surface area contributed by atoms with Gasteiger partial charge in [-0.05, 0) is 30.5 Å². The summed E-state index contributed by atoms with van der Waals surface area (Å²) in [5, 5.41) is 11.9. The van der Waals surface area contributed by atoms with Gasteiger partial charge in [0.05, 0.1) is 11.7 Å². The van der Waals surface area contributed by atoms with E-state index in [0.29, 0.717) is 0 Å². The highest BCUT2D eigenvalue weighted by Gasteiger charge is 2.16. The maximum absolute atomic E-state index is 4.16. The largest absolute Gasteiger partial charge is 0.384 e. The molecule has 3 nitrogen and oxygen atoms in total. The van der Waals surface area contributed by atoms with Gasteiger partial charge in [0.1, 0.15) is 0 Å². The van der Waals surface area contributed by atoms with Gasteiger partial charge in [0.2, 0.25) is 0 Å². The summed E-state index contributed by atoms with van der Waals surface area (Å²) < 4.78 is 0. The van der Waals surface area contributed by atoms with E-state index >= 15 is 0 Å². The van der Waals surface area contributed by atoms with E-state index in [1.165, 1.54) is 22.1 Å². The Bertz CT molecular complexity index is 615. The molecule has 0 saturated carbocycles. The molecular weight excluding hydrogens is 234 g/mol. The first kappa shape index (κ1) is 13.7. The van der Waals surface area contributed by atoms with Crippen molar-refractivity contribution in [3.05, 3.63) is 41.2 Å². The summed E-state index contributed by atoms with van der Waals surface area (Å²) in [5.41, 5.74) is 6.07. The Morgan fingerprint density at radius 2 is 2.00 bits per heavy atom. The average Bonchev–Trinajstić information content (AvgIpc) is 2.76. The van der Waals surface area contributed by atoms with Gasteiger partial charge in [0.25, 0.3) is 0 Å². The lowest BCUT2D eigenvalue weighted by atomic mass is 9.92. The van der Waals surface area contributed by atoms with Crippen LogP contribution in [0.1, 0.15) is 37.5 Å². The molecule has 2 N–H and O–H groups in total. The SMILES string of the molecule is C=C(NCc1c(C)cc(C)c2cn[nH]c12)C(C)(C)C. The van der Waals surface area contributed by atoms with Gasteiger partial charge in [-0.3, -0.25) is 5.10 Å². The van der Waals surface area contributed by atoms with Crippen LogP contribution in [0.25, 0.3) is 10.9 Å². The number of H-pyrrole nitrogens is 1. The van der Waals surface area contributed by atoms with Crippen molar-refractivity contribution in [1.82, 2.24) is 15.5 Å². The fourth-order valence-electron chi connectivity index (χ4n) is 2.19. The van der Waals surface area contributed by atoms with Crippen LogP contribution in [0.5, 0.6) is 0 Å². The maximum Gasteiger partial charge on any atom is 0.0705 e. The summed E-state index contributed by atoms with van der Waals surface area (Å²) in [6.07, 6.45) is 1.90. The van der Waals surface area contributed by atoms with E-state index in [0.717, 1.165) is 17.8 Å². The highest BCUT2D eigenvalue weighted by molar-refractivity contribution is 5.85. The van der Waals surface area contributed by atoms with Crippen molar-refractivity contribution in [2.24, 2.45) is 5.41 Å². The van der Waals surface area contributed by atoms with Gasteiger partial charge >= 0.3 is 0 Å². The highest BCUT2D eigenvalue weighted by Crippen LogP contribution is 2.25. The van der Waals surface area contributed by atoms with E-state index in [9.17, 15) is 0 Å². The summed E-state index contributed by atoms with van der Waals surface area (Å²) in [6, 6.07) is 2.22. The van der Waals surface area contributed by atoms with Crippen molar-refractivity contribution in [1.29, 1.82) is 0 Å². The number of fused-ring (bicyclic) bond motifs is 1. The zero-order chi connectivity index (χ0) is 14.2. The predicted octanol–water partition coefficient (Wildman–Crippen LogP) is 3.83. The molecular formula is C16H23N3. The monoisotopic (exact) mass is 257 g/mol. The van der Waals surface area contributed by atoms with Gasteiger partial charge in [-0.15, -0.1) is 0 Å². The number of nitrogens with one attached hydrogen (secondary N) is 2. The normalized spacial score (nSPS) is 11.8. The Morgan fingerprint density at radius 1 is 1.32 bits per heavy atom. The molecule has 0 bridgehead atoms. The van der Waals surface area contributed by atoms with Crippen molar-refractivity contribution >= 4 is 10.9 Å². The van der Waals surface area contributed by atoms with E-state index < -0.39 is 0 Å². The molecule has 0 radical (unpaired) electrons. The summed E-state index contributed by atoms with van der Waals surface area (Å²) in [4.78, 5) is 0. The number of rotatable bonds is 3.